The summed E-state index contributed by atoms with van der Waals surface area (Å²) >= 11 is 12.8. The highest BCUT2D eigenvalue weighted by molar-refractivity contribution is 6.33. The van der Waals surface area contributed by atoms with Crippen LogP contribution in [0.1, 0.15) is 33.2 Å². The Bertz CT molecular complexity index is 556. The maximum atomic E-state index is 6.53. The van der Waals surface area contributed by atoms with Gasteiger partial charge in [0.05, 0.1) is 5.38 Å². The van der Waals surface area contributed by atoms with Gasteiger partial charge in [0.15, 0.2) is 0 Å². The van der Waals surface area contributed by atoms with Gasteiger partial charge in [-0.2, -0.15) is 0 Å². The van der Waals surface area contributed by atoms with Gasteiger partial charge in [-0.05, 0) is 49.1 Å². The van der Waals surface area contributed by atoms with Crippen molar-refractivity contribution < 1.29 is 0 Å². The Morgan fingerprint density at radius 2 is 1.44 bits per heavy atom. The minimum absolute atomic E-state index is 0.197. The van der Waals surface area contributed by atoms with Crippen LogP contribution in [-0.4, -0.2) is 0 Å². The molecule has 0 nitrogen and oxygen atoms in total. The maximum absolute atomic E-state index is 6.53. The van der Waals surface area contributed by atoms with Crippen molar-refractivity contribution in [2.45, 2.75) is 26.1 Å². The van der Waals surface area contributed by atoms with E-state index in [0.29, 0.717) is 0 Å². The number of hydrogen-bond acceptors (Lipinski definition) is 0. The van der Waals surface area contributed by atoms with E-state index in [9.17, 15) is 0 Å². The molecule has 0 aliphatic rings. The SMILES string of the molecule is Cc1ccc(C(Cl)c2cc(C)c(C)cc2Cl)cc1. The Morgan fingerprint density at radius 1 is 0.889 bits per heavy atom. The molecule has 94 valence electrons. The zero-order valence-electron chi connectivity index (χ0n) is 10.8. The lowest BCUT2D eigenvalue weighted by Crippen LogP contribution is -1.96. The molecule has 18 heavy (non-hydrogen) atoms. The summed E-state index contributed by atoms with van der Waals surface area (Å²) in [7, 11) is 0. The number of aryl methyl sites for hydroxylation is 3. The molecule has 0 heterocycles. The van der Waals surface area contributed by atoms with Gasteiger partial charge in [-0.15, -0.1) is 11.6 Å². The number of halogens is 2. The van der Waals surface area contributed by atoms with Crippen molar-refractivity contribution in [2.24, 2.45) is 0 Å². The van der Waals surface area contributed by atoms with E-state index in [1.54, 1.807) is 0 Å². The van der Waals surface area contributed by atoms with E-state index in [1.807, 2.05) is 6.07 Å². The van der Waals surface area contributed by atoms with Crippen LogP contribution >= 0.6 is 23.2 Å². The molecule has 0 radical (unpaired) electrons. The molecular weight excluding hydrogens is 263 g/mol. The van der Waals surface area contributed by atoms with Gasteiger partial charge in [-0.25, -0.2) is 0 Å². The lowest BCUT2D eigenvalue weighted by Gasteiger charge is -2.14. The number of alkyl halides is 1. The minimum atomic E-state index is -0.197. The highest BCUT2D eigenvalue weighted by Gasteiger charge is 2.15. The van der Waals surface area contributed by atoms with Gasteiger partial charge in [-0.1, -0.05) is 47.5 Å². The van der Waals surface area contributed by atoms with E-state index >= 15 is 0 Å². The predicted molar refractivity (Wildman–Crippen MR) is 79.8 cm³/mol. The highest BCUT2D eigenvalue weighted by Crippen LogP contribution is 2.35. The fourth-order valence-electron chi connectivity index (χ4n) is 1.91. The summed E-state index contributed by atoms with van der Waals surface area (Å²) in [5.74, 6) is 0. The Balaban J connectivity index is 2.42. The average molecular weight is 279 g/mol. The third-order valence-corrected chi connectivity index (χ3v) is 4.07. The van der Waals surface area contributed by atoms with E-state index in [-0.39, 0.29) is 5.38 Å². The molecule has 2 heteroatoms. The molecule has 1 unspecified atom stereocenters. The quantitative estimate of drug-likeness (QED) is 0.628. The summed E-state index contributed by atoms with van der Waals surface area (Å²) in [6, 6.07) is 12.3. The molecule has 0 fully saturated rings. The largest absolute Gasteiger partial charge is 0.113 e. The Hall–Kier alpha value is -0.980. The molecule has 0 bridgehead atoms. The summed E-state index contributed by atoms with van der Waals surface area (Å²) in [5.41, 5.74) is 5.69. The molecule has 2 aromatic carbocycles. The zero-order chi connectivity index (χ0) is 13.3. The average Bonchev–Trinajstić information content (AvgIpc) is 2.34. The Labute approximate surface area is 119 Å². The zero-order valence-corrected chi connectivity index (χ0v) is 12.3. The number of hydrogen-bond donors (Lipinski definition) is 0. The molecule has 0 aromatic heterocycles. The van der Waals surface area contributed by atoms with Gasteiger partial charge in [0.2, 0.25) is 0 Å². The summed E-state index contributed by atoms with van der Waals surface area (Å²) in [4.78, 5) is 0. The van der Waals surface area contributed by atoms with Crippen LogP contribution in [0, 0.1) is 20.8 Å². The molecule has 0 aliphatic heterocycles. The molecule has 0 spiro atoms. The van der Waals surface area contributed by atoms with Crippen molar-refractivity contribution in [2.75, 3.05) is 0 Å². The molecule has 0 aliphatic carbocycles. The second-order valence-electron chi connectivity index (χ2n) is 4.73. The van der Waals surface area contributed by atoms with Crippen LogP contribution in [0.3, 0.4) is 0 Å². The first-order valence-corrected chi connectivity index (χ1v) is 6.78. The van der Waals surface area contributed by atoms with Crippen molar-refractivity contribution in [3.05, 3.63) is 69.2 Å². The van der Waals surface area contributed by atoms with Crippen molar-refractivity contribution in [1.82, 2.24) is 0 Å². The first-order chi connectivity index (χ1) is 8.49. The van der Waals surface area contributed by atoms with Gasteiger partial charge < -0.3 is 0 Å². The topological polar surface area (TPSA) is 0 Å². The first kappa shape index (κ1) is 13.5. The molecule has 0 amide bonds. The standard InChI is InChI=1S/C16H16Cl2/c1-10-4-6-13(7-5-10)16(18)14-8-11(2)12(3)9-15(14)17/h4-9,16H,1-3H3. The molecular formula is C16H16Cl2. The van der Waals surface area contributed by atoms with Crippen LogP contribution in [0.15, 0.2) is 36.4 Å². The Morgan fingerprint density at radius 3 is 2.06 bits per heavy atom. The molecule has 2 aromatic rings. The second kappa shape index (κ2) is 5.34. The van der Waals surface area contributed by atoms with Crippen molar-refractivity contribution in [3.8, 4) is 0 Å². The van der Waals surface area contributed by atoms with E-state index < -0.39 is 0 Å². The lowest BCUT2D eigenvalue weighted by atomic mass is 9.99. The van der Waals surface area contributed by atoms with Crippen molar-refractivity contribution in [1.29, 1.82) is 0 Å². The third kappa shape index (κ3) is 2.71. The maximum Gasteiger partial charge on any atom is 0.0849 e. The predicted octanol–water partition coefficient (Wildman–Crippen LogP) is 5.59. The minimum Gasteiger partial charge on any atom is -0.113 e. The van der Waals surface area contributed by atoms with E-state index in [4.69, 9.17) is 23.2 Å². The third-order valence-electron chi connectivity index (χ3n) is 3.26. The van der Waals surface area contributed by atoms with Crippen LogP contribution in [0.2, 0.25) is 5.02 Å². The molecule has 0 N–H and O–H groups in total. The molecule has 1 atom stereocenters. The molecule has 0 saturated carbocycles. The van der Waals surface area contributed by atoms with Gasteiger partial charge >= 0.3 is 0 Å². The summed E-state index contributed by atoms with van der Waals surface area (Å²) in [5, 5.41) is 0.538. The van der Waals surface area contributed by atoms with E-state index in [0.717, 1.165) is 16.1 Å². The summed E-state index contributed by atoms with van der Waals surface area (Å²) < 4.78 is 0. The van der Waals surface area contributed by atoms with Crippen LogP contribution < -0.4 is 0 Å². The smallest absolute Gasteiger partial charge is 0.0849 e. The van der Waals surface area contributed by atoms with Crippen LogP contribution in [0.4, 0.5) is 0 Å². The first-order valence-electron chi connectivity index (χ1n) is 5.96. The lowest BCUT2D eigenvalue weighted by molar-refractivity contribution is 1.12. The monoisotopic (exact) mass is 278 g/mol. The fraction of sp³-hybridized carbons (Fsp3) is 0.250. The summed E-state index contributed by atoms with van der Waals surface area (Å²) in [6.07, 6.45) is 0. The van der Waals surface area contributed by atoms with Crippen LogP contribution in [0.5, 0.6) is 0 Å². The fourth-order valence-corrected chi connectivity index (χ4v) is 2.62. The van der Waals surface area contributed by atoms with Crippen LogP contribution in [0.25, 0.3) is 0 Å². The normalized spacial score (nSPS) is 12.5. The van der Waals surface area contributed by atoms with Gasteiger partial charge in [0.1, 0.15) is 0 Å². The van der Waals surface area contributed by atoms with Crippen LogP contribution in [-0.2, 0) is 0 Å². The molecule has 2 rings (SSSR count). The van der Waals surface area contributed by atoms with Gasteiger partial charge in [-0.3, -0.25) is 0 Å². The van der Waals surface area contributed by atoms with Gasteiger partial charge in [0.25, 0.3) is 0 Å². The number of rotatable bonds is 2. The van der Waals surface area contributed by atoms with Gasteiger partial charge in [0, 0.05) is 5.02 Å². The molecule has 0 saturated heterocycles. The van der Waals surface area contributed by atoms with Crippen molar-refractivity contribution >= 4 is 23.2 Å². The second-order valence-corrected chi connectivity index (χ2v) is 5.57. The summed E-state index contributed by atoms with van der Waals surface area (Å²) in [6.45, 7) is 6.20. The highest BCUT2D eigenvalue weighted by atomic mass is 35.5. The van der Waals surface area contributed by atoms with Crippen molar-refractivity contribution in [3.63, 3.8) is 0 Å². The number of benzene rings is 2. The van der Waals surface area contributed by atoms with E-state index in [2.05, 4.69) is 51.1 Å². The van der Waals surface area contributed by atoms with E-state index in [1.165, 1.54) is 16.7 Å². The Kier molecular flexibility index (Phi) is 3.99.